The maximum absolute atomic E-state index is 4.59. The van der Waals surface area contributed by atoms with Gasteiger partial charge < -0.3 is 5.32 Å². The number of hydrogen-bond donors (Lipinski definition) is 2. The molecule has 1 aromatic carbocycles. The maximum Gasteiger partial charge on any atom is 0.155 e. The number of nitrogens with zero attached hydrogens (tertiary/aromatic N) is 3. The summed E-state index contributed by atoms with van der Waals surface area (Å²) in [7, 11) is 0. The summed E-state index contributed by atoms with van der Waals surface area (Å²) < 4.78 is 0. The molecule has 2 aliphatic heterocycles. The molecule has 0 radical (unpaired) electrons. The second kappa shape index (κ2) is 8.50. The molecule has 1 spiro atoms. The molecule has 8 heteroatoms. The molecule has 4 rings (SSSR count). The van der Waals surface area contributed by atoms with Gasteiger partial charge in [-0.3, -0.25) is 10.00 Å². The topological polar surface area (TPSA) is 56.8 Å². The second-order valence-electron chi connectivity index (χ2n) is 6.45. The van der Waals surface area contributed by atoms with E-state index in [1.54, 1.807) is 0 Å². The predicted octanol–water partition coefficient (Wildman–Crippen LogP) is 2.57. The van der Waals surface area contributed by atoms with Crippen LogP contribution in [0.3, 0.4) is 0 Å². The van der Waals surface area contributed by atoms with E-state index in [9.17, 15) is 0 Å². The molecule has 0 aliphatic carbocycles. The highest BCUT2D eigenvalue weighted by Gasteiger charge is 2.52. The van der Waals surface area contributed by atoms with Gasteiger partial charge in [-0.15, -0.1) is 37.2 Å². The highest BCUT2D eigenvalue weighted by Crippen LogP contribution is 2.44. The van der Waals surface area contributed by atoms with Crippen LogP contribution in [0.2, 0.25) is 0 Å². The van der Waals surface area contributed by atoms with Gasteiger partial charge >= 0.3 is 0 Å². The normalized spacial score (nSPS) is 21.3. The van der Waals surface area contributed by atoms with Gasteiger partial charge in [-0.05, 0) is 12.5 Å². The number of benzene rings is 1. The number of aromatic nitrogens is 3. The molecule has 134 valence electrons. The average Bonchev–Trinajstić information content (AvgIpc) is 3.03. The molecule has 1 atom stereocenters. The molecule has 2 aromatic rings. The summed E-state index contributed by atoms with van der Waals surface area (Å²) in [4.78, 5) is 7.14. The Morgan fingerprint density at radius 3 is 2.42 bits per heavy atom. The Morgan fingerprint density at radius 1 is 1.17 bits per heavy atom. The maximum atomic E-state index is 4.59. The van der Waals surface area contributed by atoms with E-state index in [1.165, 1.54) is 5.56 Å². The van der Waals surface area contributed by atoms with E-state index in [4.69, 9.17) is 0 Å². The van der Waals surface area contributed by atoms with Crippen LogP contribution in [0, 0.1) is 12.3 Å². The predicted molar refractivity (Wildman–Crippen MR) is 103 cm³/mol. The zero-order valence-corrected chi connectivity index (χ0v) is 16.0. The molecule has 1 unspecified atom stereocenters. The Kier molecular flexibility index (Phi) is 7.50. The molecule has 2 aliphatic rings. The lowest BCUT2D eigenvalue weighted by molar-refractivity contribution is 0.148. The fourth-order valence-corrected chi connectivity index (χ4v) is 3.71. The van der Waals surface area contributed by atoms with Crippen LogP contribution in [-0.4, -0.2) is 46.3 Å². The zero-order chi connectivity index (χ0) is 14.3. The van der Waals surface area contributed by atoms with Gasteiger partial charge in [0.2, 0.25) is 0 Å². The molecule has 3 heterocycles. The summed E-state index contributed by atoms with van der Waals surface area (Å²) in [5.41, 5.74) is 1.70. The molecular formula is C16H24Cl3N5. The van der Waals surface area contributed by atoms with Crippen LogP contribution in [-0.2, 0) is 6.54 Å². The Morgan fingerprint density at radius 2 is 1.88 bits per heavy atom. The number of halogens is 3. The molecule has 0 amide bonds. The zero-order valence-electron chi connectivity index (χ0n) is 13.6. The summed E-state index contributed by atoms with van der Waals surface area (Å²) in [5.74, 6) is 2.34. The van der Waals surface area contributed by atoms with Crippen LogP contribution in [0.15, 0.2) is 30.3 Å². The van der Waals surface area contributed by atoms with Gasteiger partial charge in [0.05, 0.1) is 0 Å². The van der Waals surface area contributed by atoms with Crippen molar-refractivity contribution in [1.29, 1.82) is 0 Å². The summed E-state index contributed by atoms with van der Waals surface area (Å²) in [6, 6.07) is 10.7. The van der Waals surface area contributed by atoms with Crippen molar-refractivity contribution in [2.45, 2.75) is 19.4 Å². The average molecular weight is 393 g/mol. The molecule has 2 fully saturated rings. The molecule has 1 aromatic heterocycles. The van der Waals surface area contributed by atoms with Gasteiger partial charge in [0.25, 0.3) is 0 Å². The molecular weight excluding hydrogens is 369 g/mol. The van der Waals surface area contributed by atoms with Crippen LogP contribution in [0.25, 0.3) is 0 Å². The van der Waals surface area contributed by atoms with E-state index >= 15 is 0 Å². The third-order valence-corrected chi connectivity index (χ3v) is 4.85. The van der Waals surface area contributed by atoms with Crippen LogP contribution in [0.4, 0.5) is 0 Å². The minimum absolute atomic E-state index is 0. The lowest BCUT2D eigenvalue weighted by Gasteiger charge is -2.42. The van der Waals surface area contributed by atoms with Gasteiger partial charge in [0, 0.05) is 44.1 Å². The number of H-pyrrole nitrogens is 1. The van der Waals surface area contributed by atoms with Crippen molar-refractivity contribution in [2.75, 3.05) is 26.2 Å². The van der Waals surface area contributed by atoms with Crippen LogP contribution >= 0.6 is 37.2 Å². The summed E-state index contributed by atoms with van der Waals surface area (Å²) in [5, 5.41) is 10.9. The third-order valence-electron chi connectivity index (χ3n) is 4.85. The van der Waals surface area contributed by atoms with Crippen molar-refractivity contribution in [2.24, 2.45) is 5.41 Å². The van der Waals surface area contributed by atoms with Gasteiger partial charge in [-0.1, -0.05) is 30.3 Å². The summed E-state index contributed by atoms with van der Waals surface area (Å²) in [6.07, 6.45) is 0. The van der Waals surface area contributed by atoms with Gasteiger partial charge in [0.1, 0.15) is 5.82 Å². The minimum Gasteiger partial charge on any atom is -0.315 e. The number of nitrogens with one attached hydrogen (secondary N) is 2. The number of aromatic amines is 1. The van der Waals surface area contributed by atoms with Crippen LogP contribution < -0.4 is 5.32 Å². The molecule has 0 bridgehead atoms. The molecule has 2 N–H and O–H groups in total. The van der Waals surface area contributed by atoms with Gasteiger partial charge in [-0.2, -0.15) is 5.10 Å². The monoisotopic (exact) mass is 391 g/mol. The highest BCUT2D eigenvalue weighted by atomic mass is 35.5. The highest BCUT2D eigenvalue weighted by molar-refractivity contribution is 5.86. The van der Waals surface area contributed by atoms with Gasteiger partial charge in [0.15, 0.2) is 5.82 Å². The van der Waals surface area contributed by atoms with Crippen molar-refractivity contribution in [3.8, 4) is 0 Å². The van der Waals surface area contributed by atoms with Crippen molar-refractivity contribution in [3.05, 3.63) is 47.5 Å². The van der Waals surface area contributed by atoms with Crippen molar-refractivity contribution < 1.29 is 0 Å². The first kappa shape index (κ1) is 21.2. The Hall–Kier alpha value is -0.850. The van der Waals surface area contributed by atoms with E-state index in [0.29, 0.717) is 11.3 Å². The van der Waals surface area contributed by atoms with E-state index in [0.717, 1.165) is 44.4 Å². The van der Waals surface area contributed by atoms with Crippen molar-refractivity contribution in [3.63, 3.8) is 0 Å². The SMILES string of the molecule is Cc1nc(C2CN(Cc3ccccc3)CC23CNC3)n[nH]1.Cl.Cl.Cl. The first-order chi connectivity index (χ1) is 10.3. The Balaban J connectivity index is 0.000000960. The molecule has 24 heavy (non-hydrogen) atoms. The lowest BCUT2D eigenvalue weighted by atomic mass is 9.73. The smallest absolute Gasteiger partial charge is 0.155 e. The number of likely N-dealkylation sites (tertiary alicyclic amines) is 1. The number of aryl methyl sites for hydroxylation is 1. The second-order valence-corrected chi connectivity index (χ2v) is 6.45. The van der Waals surface area contributed by atoms with Crippen LogP contribution in [0.5, 0.6) is 0 Å². The van der Waals surface area contributed by atoms with Crippen molar-refractivity contribution in [1.82, 2.24) is 25.4 Å². The van der Waals surface area contributed by atoms with E-state index in [-0.39, 0.29) is 37.2 Å². The van der Waals surface area contributed by atoms with Gasteiger partial charge in [-0.25, -0.2) is 4.98 Å². The minimum atomic E-state index is 0. The third kappa shape index (κ3) is 3.86. The first-order valence-electron chi connectivity index (χ1n) is 7.61. The quantitative estimate of drug-likeness (QED) is 0.843. The lowest BCUT2D eigenvalue weighted by Crippen LogP contribution is -2.57. The fraction of sp³-hybridized carbons (Fsp3) is 0.500. The standard InChI is InChI=1S/C16H21N5.3ClH/c1-12-18-15(20-19-12)14-8-21(11-16(14)9-17-10-16)7-13-5-3-2-4-6-13;;;/h2-6,14,17H,7-11H2,1H3,(H,18,19,20);3*1H. The molecule has 5 nitrogen and oxygen atoms in total. The van der Waals surface area contributed by atoms with E-state index in [1.807, 2.05) is 6.92 Å². The van der Waals surface area contributed by atoms with Crippen LogP contribution in [0.1, 0.15) is 23.1 Å². The first-order valence-corrected chi connectivity index (χ1v) is 7.61. The molecule has 2 saturated heterocycles. The Labute approximate surface area is 161 Å². The Bertz CT molecular complexity index is 630. The molecule has 0 saturated carbocycles. The van der Waals surface area contributed by atoms with E-state index < -0.39 is 0 Å². The van der Waals surface area contributed by atoms with Crippen molar-refractivity contribution >= 4 is 37.2 Å². The fourth-order valence-electron chi connectivity index (χ4n) is 3.71. The number of hydrogen-bond acceptors (Lipinski definition) is 4. The number of rotatable bonds is 3. The summed E-state index contributed by atoms with van der Waals surface area (Å²) >= 11 is 0. The van der Waals surface area contributed by atoms with E-state index in [2.05, 4.69) is 55.7 Å². The largest absolute Gasteiger partial charge is 0.315 e. The summed E-state index contributed by atoms with van der Waals surface area (Å²) in [6.45, 7) is 7.33.